The van der Waals surface area contributed by atoms with E-state index in [2.05, 4.69) is 10.3 Å². The van der Waals surface area contributed by atoms with E-state index in [0.29, 0.717) is 18.9 Å². The average Bonchev–Trinajstić information content (AvgIpc) is 2.36. The van der Waals surface area contributed by atoms with Crippen LogP contribution in [0.2, 0.25) is 0 Å². The molecule has 1 saturated heterocycles. The summed E-state index contributed by atoms with van der Waals surface area (Å²) in [7, 11) is 1.65. The van der Waals surface area contributed by atoms with Crippen LogP contribution in [0.15, 0.2) is 12.3 Å². The van der Waals surface area contributed by atoms with E-state index in [1.54, 1.807) is 11.9 Å². The Labute approximate surface area is 111 Å². The first kappa shape index (κ1) is 13.7. The Bertz CT molecular complexity index is 471. The number of rotatable bonds is 2. The molecule has 2 rings (SSSR count). The molecule has 104 valence electrons. The van der Waals surface area contributed by atoms with Gasteiger partial charge in [-0.15, -0.1) is 0 Å². The van der Waals surface area contributed by atoms with Crippen LogP contribution in [0.4, 0.5) is 10.2 Å². The van der Waals surface area contributed by atoms with Crippen LogP contribution in [-0.4, -0.2) is 48.1 Å². The summed E-state index contributed by atoms with van der Waals surface area (Å²) >= 11 is 0. The highest BCUT2D eigenvalue weighted by atomic mass is 19.1. The second-order valence-corrected chi connectivity index (χ2v) is 4.77. The van der Waals surface area contributed by atoms with E-state index >= 15 is 0 Å². The van der Waals surface area contributed by atoms with Crippen molar-refractivity contribution in [2.24, 2.45) is 0 Å². The van der Waals surface area contributed by atoms with E-state index < -0.39 is 5.82 Å². The summed E-state index contributed by atoms with van der Waals surface area (Å²) in [5.74, 6) is -0.353. The number of nitrogens with zero attached hydrogens (tertiary/aromatic N) is 2. The summed E-state index contributed by atoms with van der Waals surface area (Å²) < 4.78 is 18.9. The predicted octanol–water partition coefficient (Wildman–Crippen LogP) is 1.51. The number of ether oxygens (including phenoxy) is 1. The standard InChI is InChI=1S/C13H18FN3O2/c1-8-6-17(7-9(2)19-8)13(18)11-4-10(14)5-16-12(11)15-3/h4-5,8-9H,6-7H2,1-3H3,(H,15,16)/t8-,9+. The molecule has 1 aromatic heterocycles. The van der Waals surface area contributed by atoms with Gasteiger partial charge in [-0.25, -0.2) is 9.37 Å². The minimum atomic E-state index is -0.517. The zero-order chi connectivity index (χ0) is 14.0. The number of hydrogen-bond acceptors (Lipinski definition) is 4. The van der Waals surface area contributed by atoms with Gasteiger partial charge in [0, 0.05) is 20.1 Å². The lowest BCUT2D eigenvalue weighted by molar-refractivity contribution is -0.0586. The third-order valence-corrected chi connectivity index (χ3v) is 3.03. The van der Waals surface area contributed by atoms with Crippen LogP contribution in [0.1, 0.15) is 24.2 Å². The number of aromatic nitrogens is 1. The molecule has 0 unspecified atom stereocenters. The molecular formula is C13H18FN3O2. The molecule has 0 saturated carbocycles. The van der Waals surface area contributed by atoms with Crippen LogP contribution in [0.3, 0.4) is 0 Å². The summed E-state index contributed by atoms with van der Waals surface area (Å²) in [6.07, 6.45) is 1.05. The molecule has 1 aliphatic heterocycles. The van der Waals surface area contributed by atoms with Crippen molar-refractivity contribution in [3.63, 3.8) is 0 Å². The predicted molar refractivity (Wildman–Crippen MR) is 69.7 cm³/mol. The molecule has 5 nitrogen and oxygen atoms in total. The highest BCUT2D eigenvalue weighted by molar-refractivity contribution is 5.98. The maximum atomic E-state index is 13.3. The summed E-state index contributed by atoms with van der Waals surface area (Å²) in [6, 6.07) is 1.21. The fourth-order valence-corrected chi connectivity index (χ4v) is 2.32. The molecule has 0 aromatic carbocycles. The Morgan fingerprint density at radius 3 is 2.68 bits per heavy atom. The molecule has 0 aliphatic carbocycles. The van der Waals surface area contributed by atoms with Crippen molar-refractivity contribution >= 4 is 11.7 Å². The largest absolute Gasteiger partial charge is 0.372 e. The van der Waals surface area contributed by atoms with Crippen molar-refractivity contribution in [3.05, 3.63) is 23.6 Å². The molecule has 1 N–H and O–H groups in total. The van der Waals surface area contributed by atoms with E-state index in [-0.39, 0.29) is 23.7 Å². The monoisotopic (exact) mass is 267 g/mol. The van der Waals surface area contributed by atoms with Gasteiger partial charge in [0.25, 0.3) is 5.91 Å². The van der Waals surface area contributed by atoms with Gasteiger partial charge in [-0.3, -0.25) is 4.79 Å². The van der Waals surface area contributed by atoms with Crippen LogP contribution < -0.4 is 5.32 Å². The fraction of sp³-hybridized carbons (Fsp3) is 0.538. The number of carbonyl (C=O) groups excluding carboxylic acids is 1. The van der Waals surface area contributed by atoms with E-state index in [1.165, 1.54) is 6.07 Å². The molecule has 19 heavy (non-hydrogen) atoms. The zero-order valence-electron chi connectivity index (χ0n) is 11.3. The number of anilines is 1. The average molecular weight is 267 g/mol. The van der Waals surface area contributed by atoms with Crippen molar-refractivity contribution in [2.45, 2.75) is 26.1 Å². The van der Waals surface area contributed by atoms with Gasteiger partial charge in [-0.05, 0) is 19.9 Å². The first-order chi connectivity index (χ1) is 9.01. The molecule has 1 fully saturated rings. The van der Waals surface area contributed by atoms with E-state index in [4.69, 9.17) is 4.74 Å². The maximum absolute atomic E-state index is 13.3. The normalized spacial score (nSPS) is 23.3. The minimum absolute atomic E-state index is 0.0211. The molecule has 2 atom stereocenters. The number of amides is 1. The number of morpholine rings is 1. The second kappa shape index (κ2) is 5.52. The summed E-state index contributed by atoms with van der Waals surface area (Å²) in [6.45, 7) is 4.84. The maximum Gasteiger partial charge on any atom is 0.257 e. The second-order valence-electron chi connectivity index (χ2n) is 4.77. The lowest BCUT2D eigenvalue weighted by atomic mass is 10.1. The highest BCUT2D eigenvalue weighted by Crippen LogP contribution is 2.19. The van der Waals surface area contributed by atoms with Gasteiger partial charge in [0.2, 0.25) is 0 Å². The van der Waals surface area contributed by atoms with Gasteiger partial charge in [0.1, 0.15) is 11.6 Å². The van der Waals surface area contributed by atoms with E-state index in [0.717, 1.165) is 6.20 Å². The molecule has 0 spiro atoms. The Morgan fingerprint density at radius 1 is 1.47 bits per heavy atom. The van der Waals surface area contributed by atoms with E-state index in [1.807, 2.05) is 13.8 Å². The van der Waals surface area contributed by atoms with Crippen molar-refractivity contribution in [3.8, 4) is 0 Å². The van der Waals surface area contributed by atoms with Crippen molar-refractivity contribution in [1.82, 2.24) is 9.88 Å². The molecule has 1 aliphatic rings. The smallest absolute Gasteiger partial charge is 0.257 e. The number of pyridine rings is 1. The quantitative estimate of drug-likeness (QED) is 0.882. The first-order valence-corrected chi connectivity index (χ1v) is 6.29. The molecule has 1 amide bonds. The van der Waals surface area contributed by atoms with E-state index in [9.17, 15) is 9.18 Å². The van der Waals surface area contributed by atoms with Crippen LogP contribution in [0.5, 0.6) is 0 Å². The third-order valence-electron chi connectivity index (χ3n) is 3.03. The number of hydrogen-bond donors (Lipinski definition) is 1. The highest BCUT2D eigenvalue weighted by Gasteiger charge is 2.28. The number of halogens is 1. The fourth-order valence-electron chi connectivity index (χ4n) is 2.32. The van der Waals surface area contributed by atoms with Crippen molar-refractivity contribution in [2.75, 3.05) is 25.5 Å². The Morgan fingerprint density at radius 2 is 2.11 bits per heavy atom. The number of nitrogens with one attached hydrogen (secondary N) is 1. The van der Waals surface area contributed by atoms with Gasteiger partial charge in [0.05, 0.1) is 24.0 Å². The van der Waals surface area contributed by atoms with Crippen LogP contribution in [0, 0.1) is 5.82 Å². The summed E-state index contributed by atoms with van der Waals surface area (Å²) in [5, 5.41) is 2.81. The van der Waals surface area contributed by atoms with Crippen molar-refractivity contribution in [1.29, 1.82) is 0 Å². The first-order valence-electron chi connectivity index (χ1n) is 6.29. The molecule has 0 radical (unpaired) electrons. The third kappa shape index (κ3) is 3.01. The van der Waals surface area contributed by atoms with Crippen molar-refractivity contribution < 1.29 is 13.9 Å². The van der Waals surface area contributed by atoms with Crippen LogP contribution in [-0.2, 0) is 4.74 Å². The lowest BCUT2D eigenvalue weighted by Crippen LogP contribution is -2.48. The van der Waals surface area contributed by atoms with Gasteiger partial charge in [0.15, 0.2) is 0 Å². The summed E-state index contributed by atoms with van der Waals surface area (Å²) in [5.41, 5.74) is 0.254. The lowest BCUT2D eigenvalue weighted by Gasteiger charge is -2.35. The summed E-state index contributed by atoms with van der Waals surface area (Å²) in [4.78, 5) is 18.0. The van der Waals surface area contributed by atoms with Gasteiger partial charge in [-0.1, -0.05) is 0 Å². The van der Waals surface area contributed by atoms with Gasteiger partial charge in [-0.2, -0.15) is 0 Å². The molecular weight excluding hydrogens is 249 g/mol. The molecule has 6 heteroatoms. The number of carbonyl (C=O) groups is 1. The minimum Gasteiger partial charge on any atom is -0.372 e. The van der Waals surface area contributed by atoms with Gasteiger partial charge >= 0.3 is 0 Å². The molecule has 1 aromatic rings. The van der Waals surface area contributed by atoms with Gasteiger partial charge < -0.3 is 15.0 Å². The Hall–Kier alpha value is -1.69. The SMILES string of the molecule is CNc1ncc(F)cc1C(=O)N1C[C@@H](C)O[C@@H](C)C1. The Balaban J connectivity index is 2.26. The topological polar surface area (TPSA) is 54.5 Å². The van der Waals surface area contributed by atoms with Crippen LogP contribution >= 0.6 is 0 Å². The Kier molecular flexibility index (Phi) is 3.99. The zero-order valence-corrected chi connectivity index (χ0v) is 11.3. The van der Waals surface area contributed by atoms with Crippen LogP contribution in [0.25, 0.3) is 0 Å². The molecule has 0 bridgehead atoms. The molecule has 2 heterocycles.